The molecule has 5 nitrogen and oxygen atoms in total. The summed E-state index contributed by atoms with van der Waals surface area (Å²) < 4.78 is 4.54. The van der Waals surface area contributed by atoms with Gasteiger partial charge in [-0.25, -0.2) is 4.98 Å². The summed E-state index contributed by atoms with van der Waals surface area (Å²) in [5.41, 5.74) is 4.74. The first-order valence-electron chi connectivity index (χ1n) is 9.22. The van der Waals surface area contributed by atoms with E-state index >= 15 is 0 Å². The molecule has 0 bridgehead atoms. The van der Waals surface area contributed by atoms with E-state index in [9.17, 15) is 0 Å². The molecule has 5 rings (SSSR count). The highest BCUT2D eigenvalue weighted by Gasteiger charge is 2.36. The Balaban J connectivity index is 1.57. The van der Waals surface area contributed by atoms with E-state index in [1.54, 1.807) is 0 Å². The topological polar surface area (TPSA) is 56.8 Å². The Morgan fingerprint density at radius 3 is 2.96 bits per heavy atom. The van der Waals surface area contributed by atoms with Crippen molar-refractivity contribution < 1.29 is 0 Å². The Morgan fingerprint density at radius 2 is 2.12 bits per heavy atom. The molecule has 0 amide bonds. The molecule has 6 heteroatoms. The number of aromatic nitrogens is 3. The molecule has 1 unspecified atom stereocenters. The van der Waals surface area contributed by atoms with Crippen molar-refractivity contribution in [3.63, 3.8) is 0 Å². The van der Waals surface area contributed by atoms with Gasteiger partial charge in [0.25, 0.3) is 0 Å². The van der Waals surface area contributed by atoms with Gasteiger partial charge in [-0.15, -0.1) is 0 Å². The van der Waals surface area contributed by atoms with Crippen LogP contribution in [0.3, 0.4) is 0 Å². The number of aromatic amines is 1. The van der Waals surface area contributed by atoms with Gasteiger partial charge in [-0.2, -0.15) is 4.37 Å². The SMILES string of the molecule is c1cc(N2CCCC3(CCCCN3)C2)c2c(-c3ccsn3)c[nH]c2n1. The van der Waals surface area contributed by atoms with Crippen LogP contribution in [0, 0.1) is 0 Å². The lowest BCUT2D eigenvalue weighted by Crippen LogP contribution is -2.59. The van der Waals surface area contributed by atoms with E-state index in [-0.39, 0.29) is 0 Å². The van der Waals surface area contributed by atoms with Crippen molar-refractivity contribution in [2.45, 2.75) is 37.6 Å². The molecule has 3 aromatic rings. The molecule has 0 aromatic carbocycles. The monoisotopic (exact) mass is 353 g/mol. The molecule has 0 radical (unpaired) electrons. The maximum Gasteiger partial charge on any atom is 0.140 e. The van der Waals surface area contributed by atoms with E-state index in [2.05, 4.69) is 42.9 Å². The standard InChI is InChI=1S/C19H23N5S/c1-2-8-22-19(6-1)7-3-10-24(13-19)16-4-9-20-18-17(16)14(12-21-18)15-5-11-25-23-15/h4-5,9,11-12,22H,1-3,6-8,10,13H2,(H,20,21). The van der Waals surface area contributed by atoms with Gasteiger partial charge in [0.2, 0.25) is 0 Å². The zero-order chi connectivity index (χ0) is 16.7. The van der Waals surface area contributed by atoms with E-state index in [0.29, 0.717) is 5.54 Å². The van der Waals surface area contributed by atoms with E-state index in [1.807, 2.05) is 11.6 Å². The quantitative estimate of drug-likeness (QED) is 0.736. The van der Waals surface area contributed by atoms with Crippen LogP contribution in [0.15, 0.2) is 29.9 Å². The van der Waals surface area contributed by atoms with Gasteiger partial charge in [-0.1, -0.05) is 6.42 Å². The molecule has 2 fully saturated rings. The predicted octanol–water partition coefficient (Wildman–Crippen LogP) is 3.80. The van der Waals surface area contributed by atoms with Crippen LogP contribution in [0.2, 0.25) is 0 Å². The molecule has 1 atom stereocenters. The van der Waals surface area contributed by atoms with E-state index in [1.165, 1.54) is 54.7 Å². The summed E-state index contributed by atoms with van der Waals surface area (Å²) in [6, 6.07) is 4.26. The first-order chi connectivity index (χ1) is 12.3. The van der Waals surface area contributed by atoms with Gasteiger partial charge in [0, 0.05) is 42.0 Å². The minimum atomic E-state index is 0.295. The van der Waals surface area contributed by atoms with Gasteiger partial charge in [0.15, 0.2) is 0 Å². The van der Waals surface area contributed by atoms with Crippen LogP contribution < -0.4 is 10.2 Å². The second-order valence-electron chi connectivity index (χ2n) is 7.33. The second kappa shape index (κ2) is 6.11. The number of rotatable bonds is 2. The number of pyridine rings is 1. The summed E-state index contributed by atoms with van der Waals surface area (Å²) in [5.74, 6) is 0. The molecule has 130 valence electrons. The van der Waals surface area contributed by atoms with Crippen LogP contribution >= 0.6 is 11.5 Å². The Kier molecular flexibility index (Phi) is 3.75. The third-order valence-corrected chi connectivity index (χ3v) is 6.32. The number of anilines is 1. The second-order valence-corrected chi connectivity index (χ2v) is 8.00. The molecule has 2 saturated heterocycles. The number of fused-ring (bicyclic) bond motifs is 1. The van der Waals surface area contributed by atoms with Crippen molar-refractivity contribution >= 4 is 28.3 Å². The zero-order valence-electron chi connectivity index (χ0n) is 14.3. The first kappa shape index (κ1) is 15.3. The maximum atomic E-state index is 4.55. The van der Waals surface area contributed by atoms with Gasteiger partial charge in [-0.05, 0) is 55.9 Å². The molecule has 1 spiro atoms. The highest BCUT2D eigenvalue weighted by Crippen LogP contribution is 2.38. The third kappa shape index (κ3) is 2.64. The van der Waals surface area contributed by atoms with Crippen molar-refractivity contribution in [1.82, 2.24) is 19.7 Å². The summed E-state index contributed by atoms with van der Waals surface area (Å²) in [4.78, 5) is 10.5. The molecule has 2 aliphatic rings. The Morgan fingerprint density at radius 1 is 1.16 bits per heavy atom. The molecule has 5 heterocycles. The van der Waals surface area contributed by atoms with Crippen LogP contribution in [0.1, 0.15) is 32.1 Å². The zero-order valence-corrected chi connectivity index (χ0v) is 15.1. The fourth-order valence-corrected chi connectivity index (χ4v) is 5.10. The molecular weight excluding hydrogens is 330 g/mol. The van der Waals surface area contributed by atoms with Gasteiger partial charge in [0.05, 0.1) is 16.8 Å². The number of hydrogen-bond acceptors (Lipinski definition) is 5. The van der Waals surface area contributed by atoms with E-state index in [4.69, 9.17) is 0 Å². The fourth-order valence-electron chi connectivity index (χ4n) is 4.57. The summed E-state index contributed by atoms with van der Waals surface area (Å²) in [6.45, 7) is 3.37. The summed E-state index contributed by atoms with van der Waals surface area (Å²) in [7, 11) is 0. The molecule has 0 aliphatic carbocycles. The summed E-state index contributed by atoms with van der Waals surface area (Å²) in [6.07, 6.45) is 10.5. The summed E-state index contributed by atoms with van der Waals surface area (Å²) >= 11 is 1.50. The van der Waals surface area contributed by atoms with E-state index in [0.717, 1.165) is 36.5 Å². The largest absolute Gasteiger partial charge is 0.369 e. The van der Waals surface area contributed by atoms with Crippen molar-refractivity contribution in [2.24, 2.45) is 0 Å². The number of nitrogens with one attached hydrogen (secondary N) is 2. The smallest absolute Gasteiger partial charge is 0.140 e. The normalized spacial score (nSPS) is 24.2. The fraction of sp³-hybridized carbons (Fsp3) is 0.474. The summed E-state index contributed by atoms with van der Waals surface area (Å²) in [5, 5.41) is 7.09. The Bertz CT molecular complexity index is 858. The van der Waals surface area contributed by atoms with Crippen LogP contribution in [-0.4, -0.2) is 39.5 Å². The molecule has 2 aliphatic heterocycles. The van der Waals surface area contributed by atoms with Crippen LogP contribution in [0.25, 0.3) is 22.3 Å². The van der Waals surface area contributed by atoms with Gasteiger partial charge >= 0.3 is 0 Å². The lowest BCUT2D eigenvalue weighted by Gasteiger charge is -2.47. The lowest BCUT2D eigenvalue weighted by molar-refractivity contribution is 0.216. The molecular formula is C19H23N5S. The molecule has 2 N–H and O–H groups in total. The van der Waals surface area contributed by atoms with Crippen molar-refractivity contribution in [3.05, 3.63) is 29.9 Å². The van der Waals surface area contributed by atoms with E-state index < -0.39 is 0 Å². The number of H-pyrrole nitrogens is 1. The molecule has 25 heavy (non-hydrogen) atoms. The Labute approximate surface area is 151 Å². The predicted molar refractivity (Wildman–Crippen MR) is 103 cm³/mol. The number of piperidine rings is 2. The minimum Gasteiger partial charge on any atom is -0.369 e. The number of nitrogens with zero attached hydrogens (tertiary/aromatic N) is 3. The number of hydrogen-bond donors (Lipinski definition) is 2. The lowest BCUT2D eigenvalue weighted by atomic mass is 9.81. The average Bonchev–Trinajstić information content (AvgIpc) is 3.31. The van der Waals surface area contributed by atoms with Crippen molar-refractivity contribution in [1.29, 1.82) is 0 Å². The third-order valence-electron chi connectivity index (χ3n) is 5.77. The van der Waals surface area contributed by atoms with Crippen LogP contribution in [0.4, 0.5) is 5.69 Å². The molecule has 0 saturated carbocycles. The van der Waals surface area contributed by atoms with Crippen molar-refractivity contribution in [2.75, 3.05) is 24.5 Å². The average molecular weight is 353 g/mol. The van der Waals surface area contributed by atoms with Gasteiger partial charge in [-0.3, -0.25) is 0 Å². The minimum absolute atomic E-state index is 0.295. The highest BCUT2D eigenvalue weighted by molar-refractivity contribution is 7.03. The van der Waals surface area contributed by atoms with Gasteiger partial charge < -0.3 is 15.2 Å². The highest BCUT2D eigenvalue weighted by atomic mass is 32.1. The van der Waals surface area contributed by atoms with Gasteiger partial charge in [0.1, 0.15) is 5.65 Å². The van der Waals surface area contributed by atoms with Crippen molar-refractivity contribution in [3.8, 4) is 11.3 Å². The Hall–Kier alpha value is -1.92. The van der Waals surface area contributed by atoms with Crippen LogP contribution in [0.5, 0.6) is 0 Å². The molecule has 3 aromatic heterocycles. The maximum absolute atomic E-state index is 4.55. The first-order valence-corrected chi connectivity index (χ1v) is 10.1. The van der Waals surface area contributed by atoms with Crippen LogP contribution in [-0.2, 0) is 0 Å².